The van der Waals surface area contributed by atoms with E-state index in [4.69, 9.17) is 9.84 Å². The van der Waals surface area contributed by atoms with Gasteiger partial charge in [-0.25, -0.2) is 9.59 Å². The van der Waals surface area contributed by atoms with Crippen LogP contribution in [-0.2, 0) is 6.42 Å². The van der Waals surface area contributed by atoms with Crippen LogP contribution in [-0.4, -0.2) is 17.0 Å². The maximum absolute atomic E-state index is 12.1. The molecule has 120 valence electrons. The highest BCUT2D eigenvalue weighted by Gasteiger charge is 2.10. The number of hydrogen-bond acceptors (Lipinski definition) is 3. The maximum atomic E-state index is 12.1. The quantitative estimate of drug-likeness (QED) is 0.641. The van der Waals surface area contributed by atoms with Gasteiger partial charge in [-0.05, 0) is 54.3 Å². The van der Waals surface area contributed by atoms with Gasteiger partial charge in [0.2, 0.25) is 0 Å². The first-order valence-electron chi connectivity index (χ1n) is 7.64. The Labute approximate surface area is 135 Å². The smallest absolute Gasteiger partial charge is 0.343 e. The maximum Gasteiger partial charge on any atom is 0.343 e. The van der Waals surface area contributed by atoms with Gasteiger partial charge in [0.25, 0.3) is 0 Å². The molecule has 0 spiro atoms. The third-order valence-electron chi connectivity index (χ3n) is 3.78. The average Bonchev–Trinajstić information content (AvgIpc) is 2.55. The first kappa shape index (κ1) is 16.7. The lowest BCUT2D eigenvalue weighted by Crippen LogP contribution is -2.09. The van der Waals surface area contributed by atoms with Gasteiger partial charge in [0, 0.05) is 0 Å². The minimum absolute atomic E-state index is 0.152. The summed E-state index contributed by atoms with van der Waals surface area (Å²) in [5.74, 6) is -0.535. The number of ether oxygens (including phenoxy) is 1. The number of carboxylic acid groups (broad SMARTS) is 1. The third kappa shape index (κ3) is 4.68. The van der Waals surface area contributed by atoms with Crippen LogP contribution in [0.1, 0.15) is 46.5 Å². The Balaban J connectivity index is 2.01. The van der Waals surface area contributed by atoms with Gasteiger partial charge in [-0.2, -0.15) is 0 Å². The molecule has 4 nitrogen and oxygen atoms in total. The van der Waals surface area contributed by atoms with Gasteiger partial charge in [0.15, 0.2) is 0 Å². The first-order chi connectivity index (χ1) is 11.0. The van der Waals surface area contributed by atoms with Crippen molar-refractivity contribution in [3.8, 4) is 5.75 Å². The van der Waals surface area contributed by atoms with E-state index in [1.54, 1.807) is 12.1 Å². The molecule has 0 aliphatic heterocycles. The lowest BCUT2D eigenvalue weighted by Gasteiger charge is -2.09. The molecule has 0 aromatic heterocycles. The van der Waals surface area contributed by atoms with Crippen molar-refractivity contribution in [1.29, 1.82) is 0 Å². The van der Waals surface area contributed by atoms with Gasteiger partial charge in [-0.3, -0.25) is 0 Å². The Bertz CT molecular complexity index is 672. The second-order valence-electron chi connectivity index (χ2n) is 5.63. The fourth-order valence-electron chi connectivity index (χ4n) is 2.16. The number of esters is 1. The minimum atomic E-state index is -1.01. The molecule has 0 saturated heterocycles. The van der Waals surface area contributed by atoms with Gasteiger partial charge in [0.1, 0.15) is 5.75 Å². The topological polar surface area (TPSA) is 63.6 Å². The van der Waals surface area contributed by atoms with Crippen molar-refractivity contribution >= 4 is 11.9 Å². The number of carboxylic acids is 1. The molecule has 1 atom stereocenters. The van der Waals surface area contributed by atoms with Crippen LogP contribution in [0.15, 0.2) is 48.5 Å². The number of carbonyl (C=O) groups excluding carboxylic acids is 1. The van der Waals surface area contributed by atoms with Crippen LogP contribution in [0.3, 0.4) is 0 Å². The Kier molecular flexibility index (Phi) is 5.52. The molecule has 0 aliphatic carbocycles. The van der Waals surface area contributed by atoms with Crippen molar-refractivity contribution in [1.82, 2.24) is 0 Å². The van der Waals surface area contributed by atoms with E-state index < -0.39 is 11.9 Å². The molecule has 0 saturated carbocycles. The van der Waals surface area contributed by atoms with Gasteiger partial charge in [-0.1, -0.05) is 32.4 Å². The summed E-state index contributed by atoms with van der Waals surface area (Å²) in [6, 6.07) is 13.1. The SMILES string of the molecule is CCC(C)Cc1ccc(C(=O)Oc2ccc(C(=O)O)cc2)cc1. The van der Waals surface area contributed by atoms with E-state index in [0.717, 1.165) is 12.8 Å². The second-order valence-corrected chi connectivity index (χ2v) is 5.63. The van der Waals surface area contributed by atoms with Crippen molar-refractivity contribution in [2.45, 2.75) is 26.7 Å². The van der Waals surface area contributed by atoms with E-state index in [1.165, 1.54) is 29.8 Å². The summed E-state index contributed by atoms with van der Waals surface area (Å²) < 4.78 is 5.25. The number of rotatable bonds is 6. The van der Waals surface area contributed by atoms with Gasteiger partial charge >= 0.3 is 11.9 Å². The highest BCUT2D eigenvalue weighted by Crippen LogP contribution is 2.16. The predicted octanol–water partition coefficient (Wildman–Crippen LogP) is 4.19. The molecular formula is C19H20O4. The molecule has 0 bridgehead atoms. The monoisotopic (exact) mass is 312 g/mol. The molecule has 0 heterocycles. The molecule has 0 amide bonds. The van der Waals surface area contributed by atoms with Crippen LogP contribution in [0.2, 0.25) is 0 Å². The summed E-state index contributed by atoms with van der Waals surface area (Å²) in [6.07, 6.45) is 2.11. The van der Waals surface area contributed by atoms with Crippen LogP contribution in [0.25, 0.3) is 0 Å². The molecule has 1 N–H and O–H groups in total. The molecule has 23 heavy (non-hydrogen) atoms. The van der Waals surface area contributed by atoms with Crippen molar-refractivity contribution in [2.24, 2.45) is 5.92 Å². The van der Waals surface area contributed by atoms with Crippen LogP contribution in [0, 0.1) is 5.92 Å². The van der Waals surface area contributed by atoms with E-state index in [2.05, 4.69) is 13.8 Å². The fourth-order valence-corrected chi connectivity index (χ4v) is 2.16. The summed E-state index contributed by atoms with van der Waals surface area (Å²) in [4.78, 5) is 22.9. The van der Waals surface area contributed by atoms with Gasteiger partial charge in [-0.15, -0.1) is 0 Å². The molecule has 2 rings (SSSR count). The molecule has 2 aromatic rings. The summed E-state index contributed by atoms with van der Waals surface area (Å²) in [5.41, 5.74) is 1.82. The minimum Gasteiger partial charge on any atom is -0.478 e. The summed E-state index contributed by atoms with van der Waals surface area (Å²) in [5, 5.41) is 8.83. The van der Waals surface area contributed by atoms with Crippen molar-refractivity contribution in [3.05, 3.63) is 65.2 Å². The van der Waals surface area contributed by atoms with Crippen LogP contribution >= 0.6 is 0 Å². The van der Waals surface area contributed by atoms with Crippen molar-refractivity contribution < 1.29 is 19.4 Å². The Morgan fingerprint density at radius 2 is 1.57 bits per heavy atom. The van der Waals surface area contributed by atoms with Crippen LogP contribution in [0.4, 0.5) is 0 Å². The van der Waals surface area contributed by atoms with Crippen LogP contribution < -0.4 is 4.74 Å². The standard InChI is InChI=1S/C19H20O4/c1-3-13(2)12-14-4-6-16(7-5-14)19(22)23-17-10-8-15(9-11-17)18(20)21/h4-11,13H,3,12H2,1-2H3,(H,20,21). The molecule has 0 radical (unpaired) electrons. The fraction of sp³-hybridized carbons (Fsp3) is 0.263. The zero-order valence-electron chi connectivity index (χ0n) is 13.3. The summed E-state index contributed by atoms with van der Waals surface area (Å²) >= 11 is 0. The molecule has 4 heteroatoms. The van der Waals surface area contributed by atoms with E-state index in [-0.39, 0.29) is 5.56 Å². The zero-order valence-corrected chi connectivity index (χ0v) is 13.3. The number of benzene rings is 2. The second kappa shape index (κ2) is 7.58. The van der Waals surface area contributed by atoms with E-state index in [0.29, 0.717) is 17.2 Å². The predicted molar refractivity (Wildman–Crippen MR) is 88.0 cm³/mol. The average molecular weight is 312 g/mol. The first-order valence-corrected chi connectivity index (χ1v) is 7.64. The molecule has 2 aromatic carbocycles. The highest BCUT2D eigenvalue weighted by molar-refractivity contribution is 5.91. The number of hydrogen-bond donors (Lipinski definition) is 1. The zero-order chi connectivity index (χ0) is 16.8. The van der Waals surface area contributed by atoms with E-state index in [9.17, 15) is 9.59 Å². The van der Waals surface area contributed by atoms with E-state index >= 15 is 0 Å². The summed E-state index contributed by atoms with van der Waals surface area (Å²) in [6.45, 7) is 4.36. The molecule has 1 unspecified atom stereocenters. The van der Waals surface area contributed by atoms with Crippen LogP contribution in [0.5, 0.6) is 5.75 Å². The number of carbonyl (C=O) groups is 2. The summed E-state index contributed by atoms with van der Waals surface area (Å²) in [7, 11) is 0. The highest BCUT2D eigenvalue weighted by atomic mass is 16.5. The van der Waals surface area contributed by atoms with E-state index in [1.807, 2.05) is 12.1 Å². The molecular weight excluding hydrogens is 292 g/mol. The Hall–Kier alpha value is -2.62. The third-order valence-corrected chi connectivity index (χ3v) is 3.78. The lowest BCUT2D eigenvalue weighted by molar-refractivity contribution is 0.0696. The number of aromatic carboxylic acids is 1. The molecule has 0 fully saturated rings. The largest absolute Gasteiger partial charge is 0.478 e. The lowest BCUT2D eigenvalue weighted by atomic mass is 9.98. The molecule has 0 aliphatic rings. The normalized spacial score (nSPS) is 11.7. The van der Waals surface area contributed by atoms with Gasteiger partial charge in [0.05, 0.1) is 11.1 Å². The van der Waals surface area contributed by atoms with Crippen molar-refractivity contribution in [2.75, 3.05) is 0 Å². The van der Waals surface area contributed by atoms with Crippen molar-refractivity contribution in [3.63, 3.8) is 0 Å². The van der Waals surface area contributed by atoms with Gasteiger partial charge < -0.3 is 9.84 Å². The Morgan fingerprint density at radius 1 is 1.00 bits per heavy atom. The Morgan fingerprint density at radius 3 is 2.09 bits per heavy atom.